The normalized spacial score (nSPS) is 13.2. The molecule has 0 radical (unpaired) electrons. The molecule has 1 aromatic carbocycles. The molecule has 0 amide bonds. The highest BCUT2D eigenvalue weighted by atomic mass is 14.7. The zero-order valence-corrected chi connectivity index (χ0v) is 16.5. The number of rotatable bonds is 14. The molecule has 0 aliphatic carbocycles. The van der Waals surface area contributed by atoms with E-state index in [4.69, 9.17) is 5.73 Å². The van der Waals surface area contributed by atoms with Crippen LogP contribution in [0.3, 0.4) is 0 Å². The van der Waals surface area contributed by atoms with E-state index in [9.17, 15) is 0 Å². The summed E-state index contributed by atoms with van der Waals surface area (Å²) in [5, 5.41) is 0. The molecule has 0 spiro atoms. The topological polar surface area (TPSA) is 26.0 Å². The van der Waals surface area contributed by atoms with E-state index in [-0.39, 0.29) is 5.54 Å². The van der Waals surface area contributed by atoms with Crippen molar-refractivity contribution in [1.29, 1.82) is 0 Å². The average Bonchev–Trinajstić information content (AvgIpc) is 2.55. The Labute approximate surface area is 151 Å². The quantitative estimate of drug-likeness (QED) is 0.369. The van der Waals surface area contributed by atoms with Crippen molar-refractivity contribution in [1.82, 2.24) is 0 Å². The second kappa shape index (κ2) is 12.5. The van der Waals surface area contributed by atoms with E-state index in [1.165, 1.54) is 76.2 Å². The smallest absolute Gasteiger partial charge is 0.0129 e. The maximum atomic E-state index is 6.45. The van der Waals surface area contributed by atoms with Crippen molar-refractivity contribution in [3.05, 3.63) is 35.9 Å². The van der Waals surface area contributed by atoms with Crippen LogP contribution in [0.5, 0.6) is 0 Å². The molecule has 0 heterocycles. The standard InChI is InChI=1S/C23H41N/c1-4-5-6-7-8-9-10-11-12-16-19-22(23(2,3)24)20-21-17-14-13-15-18-21/h13-15,17-18,22H,4-12,16,19-20,24H2,1-3H3. The monoisotopic (exact) mass is 331 g/mol. The molecule has 2 N–H and O–H groups in total. The van der Waals surface area contributed by atoms with Gasteiger partial charge in [-0.15, -0.1) is 0 Å². The molecule has 138 valence electrons. The third-order valence-corrected chi connectivity index (χ3v) is 5.28. The maximum absolute atomic E-state index is 6.45. The van der Waals surface area contributed by atoms with E-state index in [1.807, 2.05) is 0 Å². The van der Waals surface area contributed by atoms with Gasteiger partial charge in [-0.05, 0) is 38.2 Å². The number of hydrogen-bond donors (Lipinski definition) is 1. The summed E-state index contributed by atoms with van der Waals surface area (Å²) in [6, 6.07) is 10.8. The van der Waals surface area contributed by atoms with Gasteiger partial charge >= 0.3 is 0 Å². The fraction of sp³-hybridized carbons (Fsp3) is 0.739. The summed E-state index contributed by atoms with van der Waals surface area (Å²) in [6.45, 7) is 6.67. The van der Waals surface area contributed by atoms with E-state index in [2.05, 4.69) is 51.1 Å². The first-order valence-corrected chi connectivity index (χ1v) is 10.4. The van der Waals surface area contributed by atoms with Gasteiger partial charge in [-0.25, -0.2) is 0 Å². The zero-order chi connectivity index (χ0) is 17.7. The Kier molecular flexibility index (Phi) is 11.1. The Morgan fingerprint density at radius 1 is 0.792 bits per heavy atom. The summed E-state index contributed by atoms with van der Waals surface area (Å²) >= 11 is 0. The van der Waals surface area contributed by atoms with Crippen LogP contribution in [-0.4, -0.2) is 5.54 Å². The molecular weight excluding hydrogens is 290 g/mol. The first-order valence-electron chi connectivity index (χ1n) is 10.4. The highest BCUT2D eigenvalue weighted by Crippen LogP contribution is 2.25. The Hall–Kier alpha value is -0.820. The third-order valence-electron chi connectivity index (χ3n) is 5.28. The molecule has 1 aromatic rings. The largest absolute Gasteiger partial charge is 0.325 e. The Bertz CT molecular complexity index is 390. The number of nitrogens with two attached hydrogens (primary N) is 1. The van der Waals surface area contributed by atoms with E-state index < -0.39 is 0 Å². The lowest BCUT2D eigenvalue weighted by Gasteiger charge is -2.31. The van der Waals surface area contributed by atoms with Gasteiger partial charge in [0.1, 0.15) is 0 Å². The summed E-state index contributed by atoms with van der Waals surface area (Å²) in [5.41, 5.74) is 7.78. The van der Waals surface area contributed by atoms with E-state index >= 15 is 0 Å². The van der Waals surface area contributed by atoms with Gasteiger partial charge in [0.25, 0.3) is 0 Å². The lowest BCUT2D eigenvalue weighted by atomic mass is 9.80. The first kappa shape index (κ1) is 21.2. The minimum absolute atomic E-state index is 0.0882. The van der Waals surface area contributed by atoms with Crippen LogP contribution in [0.2, 0.25) is 0 Å². The SMILES string of the molecule is CCCCCCCCCCCCC(Cc1ccccc1)C(C)(C)N. The van der Waals surface area contributed by atoms with Crippen molar-refractivity contribution < 1.29 is 0 Å². The zero-order valence-electron chi connectivity index (χ0n) is 16.5. The molecule has 1 nitrogen and oxygen atoms in total. The molecular formula is C23H41N. The number of unbranched alkanes of at least 4 members (excludes halogenated alkanes) is 9. The fourth-order valence-electron chi connectivity index (χ4n) is 3.51. The van der Waals surface area contributed by atoms with Gasteiger partial charge in [0.15, 0.2) is 0 Å². The maximum Gasteiger partial charge on any atom is 0.0129 e. The highest BCUT2D eigenvalue weighted by Gasteiger charge is 2.24. The number of hydrogen-bond acceptors (Lipinski definition) is 1. The van der Waals surface area contributed by atoms with Crippen LogP contribution in [-0.2, 0) is 6.42 Å². The Morgan fingerprint density at radius 3 is 1.79 bits per heavy atom. The molecule has 0 bridgehead atoms. The second-order valence-corrected chi connectivity index (χ2v) is 8.18. The van der Waals surface area contributed by atoms with Crippen LogP contribution in [0, 0.1) is 5.92 Å². The molecule has 1 unspecified atom stereocenters. The number of benzene rings is 1. The summed E-state index contributed by atoms with van der Waals surface area (Å²) in [6.07, 6.45) is 16.4. The van der Waals surface area contributed by atoms with Crippen molar-refractivity contribution in [2.24, 2.45) is 11.7 Å². The molecule has 0 saturated carbocycles. The first-order chi connectivity index (χ1) is 11.5. The van der Waals surface area contributed by atoms with Crippen molar-refractivity contribution >= 4 is 0 Å². The molecule has 0 aliphatic rings. The molecule has 0 aromatic heterocycles. The molecule has 1 atom stereocenters. The van der Waals surface area contributed by atoms with E-state index in [0.717, 1.165) is 6.42 Å². The summed E-state index contributed by atoms with van der Waals surface area (Å²) in [7, 11) is 0. The van der Waals surface area contributed by atoms with E-state index in [0.29, 0.717) is 5.92 Å². The van der Waals surface area contributed by atoms with Gasteiger partial charge in [-0.3, -0.25) is 0 Å². The summed E-state index contributed by atoms with van der Waals surface area (Å²) in [4.78, 5) is 0. The predicted octanol–water partition coefficient (Wildman–Crippen LogP) is 6.89. The summed E-state index contributed by atoms with van der Waals surface area (Å²) in [5.74, 6) is 0.578. The Morgan fingerprint density at radius 2 is 1.29 bits per heavy atom. The lowest BCUT2D eigenvalue weighted by molar-refractivity contribution is 0.290. The molecule has 0 fully saturated rings. The van der Waals surface area contributed by atoms with Crippen LogP contribution in [0.25, 0.3) is 0 Å². The molecule has 0 saturated heterocycles. The van der Waals surface area contributed by atoms with Gasteiger partial charge in [0, 0.05) is 5.54 Å². The third kappa shape index (κ3) is 10.1. The van der Waals surface area contributed by atoms with Gasteiger partial charge in [0.05, 0.1) is 0 Å². The van der Waals surface area contributed by atoms with Gasteiger partial charge in [-0.2, -0.15) is 0 Å². The minimum atomic E-state index is -0.0882. The van der Waals surface area contributed by atoms with Crippen LogP contribution in [0.15, 0.2) is 30.3 Å². The van der Waals surface area contributed by atoms with Crippen LogP contribution < -0.4 is 5.73 Å². The van der Waals surface area contributed by atoms with Gasteiger partial charge < -0.3 is 5.73 Å². The summed E-state index contributed by atoms with van der Waals surface area (Å²) < 4.78 is 0. The predicted molar refractivity (Wildman–Crippen MR) is 108 cm³/mol. The highest BCUT2D eigenvalue weighted by molar-refractivity contribution is 5.16. The molecule has 1 heteroatoms. The second-order valence-electron chi connectivity index (χ2n) is 8.18. The van der Waals surface area contributed by atoms with Crippen LogP contribution >= 0.6 is 0 Å². The van der Waals surface area contributed by atoms with E-state index in [1.54, 1.807) is 0 Å². The molecule has 1 rings (SSSR count). The van der Waals surface area contributed by atoms with Crippen molar-refractivity contribution in [3.8, 4) is 0 Å². The van der Waals surface area contributed by atoms with Crippen molar-refractivity contribution in [2.75, 3.05) is 0 Å². The minimum Gasteiger partial charge on any atom is -0.325 e. The van der Waals surface area contributed by atoms with Crippen LogP contribution in [0.1, 0.15) is 97.0 Å². The average molecular weight is 332 g/mol. The van der Waals surface area contributed by atoms with Gasteiger partial charge in [-0.1, -0.05) is 101 Å². The lowest BCUT2D eigenvalue weighted by Crippen LogP contribution is -2.42. The van der Waals surface area contributed by atoms with Crippen molar-refractivity contribution in [2.45, 2.75) is 103 Å². The molecule has 0 aliphatic heterocycles. The van der Waals surface area contributed by atoms with Crippen LogP contribution in [0.4, 0.5) is 0 Å². The molecule has 24 heavy (non-hydrogen) atoms. The van der Waals surface area contributed by atoms with Crippen molar-refractivity contribution in [3.63, 3.8) is 0 Å². The fourth-order valence-corrected chi connectivity index (χ4v) is 3.51. The van der Waals surface area contributed by atoms with Gasteiger partial charge in [0.2, 0.25) is 0 Å². The Balaban J connectivity index is 2.15.